The smallest absolute Gasteiger partial charge is 0.299 e. The molecule has 1 aliphatic heterocycles. The molecule has 2 heterocycles. The average molecular weight is 571 g/mol. The Morgan fingerprint density at radius 2 is 1.63 bits per heavy atom. The van der Waals surface area contributed by atoms with Gasteiger partial charge in [-0.05, 0) is 65.5 Å². The number of ketones is 1. The van der Waals surface area contributed by atoms with Gasteiger partial charge < -0.3 is 15.1 Å². The molecule has 208 valence electrons. The van der Waals surface area contributed by atoms with Crippen molar-refractivity contribution >= 4 is 51.9 Å². The van der Waals surface area contributed by atoms with E-state index in [1.165, 1.54) is 28.4 Å². The number of benzene rings is 3. The minimum atomic E-state index is -1.07. The van der Waals surface area contributed by atoms with E-state index in [0.717, 1.165) is 10.6 Å². The lowest BCUT2D eigenvalue weighted by Gasteiger charge is -2.32. The number of halogens is 1. The van der Waals surface area contributed by atoms with Crippen LogP contribution in [-0.4, -0.2) is 49.0 Å². The minimum absolute atomic E-state index is 0.0354. The van der Waals surface area contributed by atoms with Gasteiger partial charge in [-0.15, -0.1) is 11.3 Å². The average Bonchev–Trinajstić information content (AvgIpc) is 3.57. The zero-order valence-electron chi connectivity index (χ0n) is 22.4. The fourth-order valence-electron chi connectivity index (χ4n) is 4.67. The lowest BCUT2D eigenvalue weighted by molar-refractivity contribution is -0.138. The predicted molar refractivity (Wildman–Crippen MR) is 157 cm³/mol. The highest BCUT2D eigenvalue weighted by molar-refractivity contribution is 7.10. The van der Waals surface area contributed by atoms with Crippen LogP contribution < -0.4 is 15.1 Å². The Kier molecular flexibility index (Phi) is 7.93. The fourth-order valence-corrected chi connectivity index (χ4v) is 5.50. The van der Waals surface area contributed by atoms with Gasteiger partial charge in [0.1, 0.15) is 18.4 Å². The highest BCUT2D eigenvalue weighted by Gasteiger charge is 2.39. The highest BCUT2D eigenvalue weighted by Crippen LogP contribution is 2.32. The predicted octanol–water partition coefficient (Wildman–Crippen LogP) is 4.89. The van der Waals surface area contributed by atoms with Crippen LogP contribution in [0.25, 0.3) is 0 Å². The van der Waals surface area contributed by atoms with Crippen LogP contribution in [0, 0.1) is 5.82 Å². The van der Waals surface area contributed by atoms with Crippen LogP contribution >= 0.6 is 11.3 Å². The molecule has 1 N–H and O–H groups in total. The number of carbonyl (C=O) groups is 4. The van der Waals surface area contributed by atoms with E-state index in [0.29, 0.717) is 21.8 Å². The summed E-state index contributed by atoms with van der Waals surface area (Å²) in [6, 6.07) is 21.9. The third-order valence-corrected chi connectivity index (χ3v) is 7.71. The monoisotopic (exact) mass is 570 g/mol. The van der Waals surface area contributed by atoms with Crippen LogP contribution in [0.3, 0.4) is 0 Å². The maximum atomic E-state index is 14.0. The Bertz CT molecular complexity index is 1590. The first-order chi connectivity index (χ1) is 19.7. The number of fused-ring (bicyclic) bond motifs is 1. The van der Waals surface area contributed by atoms with E-state index >= 15 is 0 Å². The molecule has 0 unspecified atom stereocenters. The first kappa shape index (κ1) is 27.7. The van der Waals surface area contributed by atoms with Gasteiger partial charge in [0.2, 0.25) is 5.91 Å². The number of hydrogen-bond acceptors (Lipinski definition) is 6. The third kappa shape index (κ3) is 5.87. The molecule has 41 heavy (non-hydrogen) atoms. The number of rotatable bonds is 9. The van der Waals surface area contributed by atoms with Crippen LogP contribution in [0.1, 0.15) is 26.8 Å². The van der Waals surface area contributed by atoms with E-state index < -0.39 is 41.9 Å². The molecule has 5 rings (SSSR count). The Labute approximate surface area is 240 Å². The standard InChI is InChI=1S/C31H27FN4O4S/c1-34(2)23-15-13-22(14-16-23)33-30(39)28(26-8-5-17-41-26)36(18-20-9-11-21(32)12-10-20)27(37)19-35-25-7-4-3-6-24(25)29(38)31(35)40/h3-17,28H,18-19H2,1-2H3,(H,33,39)/t28-/m0/s1. The van der Waals surface area contributed by atoms with Crippen molar-refractivity contribution in [2.75, 3.05) is 35.8 Å². The number of nitrogens with zero attached hydrogens (tertiary/aromatic N) is 3. The van der Waals surface area contributed by atoms with Gasteiger partial charge in [-0.1, -0.05) is 30.3 Å². The van der Waals surface area contributed by atoms with Crippen molar-refractivity contribution in [3.8, 4) is 0 Å². The largest absolute Gasteiger partial charge is 0.378 e. The van der Waals surface area contributed by atoms with E-state index in [2.05, 4.69) is 5.32 Å². The number of para-hydroxylation sites is 1. The first-order valence-electron chi connectivity index (χ1n) is 12.8. The van der Waals surface area contributed by atoms with Gasteiger partial charge in [-0.25, -0.2) is 4.39 Å². The van der Waals surface area contributed by atoms with Crippen molar-refractivity contribution in [2.24, 2.45) is 0 Å². The number of Topliss-reactive ketones (excluding diaryl/α,β-unsaturated/α-hetero) is 1. The number of nitrogens with one attached hydrogen (secondary N) is 1. The second kappa shape index (κ2) is 11.7. The SMILES string of the molecule is CN(C)c1ccc(NC(=O)[C@H](c2cccs2)N(Cc2ccc(F)cc2)C(=O)CN2C(=O)C(=O)c3ccccc32)cc1. The Morgan fingerprint density at radius 3 is 2.29 bits per heavy atom. The second-order valence-electron chi connectivity index (χ2n) is 9.73. The number of carbonyl (C=O) groups excluding carboxylic acids is 4. The summed E-state index contributed by atoms with van der Waals surface area (Å²) < 4.78 is 13.7. The molecule has 3 aromatic carbocycles. The summed E-state index contributed by atoms with van der Waals surface area (Å²) in [6.45, 7) is -0.484. The summed E-state index contributed by atoms with van der Waals surface area (Å²) in [4.78, 5) is 58.3. The third-order valence-electron chi connectivity index (χ3n) is 6.78. The fraction of sp³-hybridized carbons (Fsp3) is 0.161. The van der Waals surface area contributed by atoms with Gasteiger partial charge in [0, 0.05) is 36.9 Å². The summed E-state index contributed by atoms with van der Waals surface area (Å²) in [5, 5.41) is 4.72. The minimum Gasteiger partial charge on any atom is -0.378 e. The van der Waals surface area contributed by atoms with Gasteiger partial charge in [0.25, 0.3) is 17.6 Å². The van der Waals surface area contributed by atoms with Crippen molar-refractivity contribution in [3.63, 3.8) is 0 Å². The van der Waals surface area contributed by atoms with Crippen LogP contribution in [0.5, 0.6) is 0 Å². The summed E-state index contributed by atoms with van der Waals surface area (Å²) in [6.07, 6.45) is 0. The number of hydrogen-bond donors (Lipinski definition) is 1. The van der Waals surface area contributed by atoms with Crippen LogP contribution in [0.2, 0.25) is 0 Å². The normalized spacial score (nSPS) is 13.1. The van der Waals surface area contributed by atoms with E-state index in [4.69, 9.17) is 0 Å². The summed E-state index contributed by atoms with van der Waals surface area (Å²) in [5.41, 5.74) is 2.66. The molecule has 0 saturated heterocycles. The molecule has 0 spiro atoms. The van der Waals surface area contributed by atoms with Gasteiger partial charge >= 0.3 is 0 Å². The lowest BCUT2D eigenvalue weighted by Crippen LogP contribution is -2.46. The van der Waals surface area contributed by atoms with Gasteiger partial charge in [-0.2, -0.15) is 0 Å². The summed E-state index contributed by atoms with van der Waals surface area (Å²) >= 11 is 1.31. The summed E-state index contributed by atoms with van der Waals surface area (Å²) in [7, 11) is 3.83. The first-order valence-corrected chi connectivity index (χ1v) is 13.7. The highest BCUT2D eigenvalue weighted by atomic mass is 32.1. The van der Waals surface area contributed by atoms with Crippen LogP contribution in [-0.2, 0) is 20.9 Å². The van der Waals surface area contributed by atoms with E-state index in [-0.39, 0.29) is 12.1 Å². The number of anilines is 3. The van der Waals surface area contributed by atoms with Gasteiger partial charge in [0.05, 0.1) is 11.3 Å². The molecule has 8 nitrogen and oxygen atoms in total. The zero-order valence-corrected chi connectivity index (χ0v) is 23.2. The van der Waals surface area contributed by atoms with Gasteiger partial charge in [-0.3, -0.25) is 24.1 Å². The Morgan fingerprint density at radius 1 is 0.927 bits per heavy atom. The molecule has 1 aromatic heterocycles. The molecule has 4 aromatic rings. The molecule has 3 amide bonds. The molecule has 0 bridgehead atoms. The van der Waals surface area contributed by atoms with Crippen molar-refractivity contribution in [2.45, 2.75) is 12.6 Å². The molecule has 1 atom stereocenters. The molecule has 0 fully saturated rings. The van der Waals surface area contributed by atoms with Crippen molar-refractivity contribution in [1.82, 2.24) is 4.90 Å². The molecule has 0 radical (unpaired) electrons. The maximum absolute atomic E-state index is 14.0. The molecular weight excluding hydrogens is 543 g/mol. The zero-order chi connectivity index (χ0) is 29.1. The van der Waals surface area contributed by atoms with Gasteiger partial charge in [0.15, 0.2) is 0 Å². The van der Waals surface area contributed by atoms with Crippen LogP contribution in [0.15, 0.2) is 90.3 Å². The van der Waals surface area contributed by atoms with Crippen LogP contribution in [0.4, 0.5) is 21.5 Å². The number of thiophene rings is 1. The quantitative estimate of drug-likeness (QED) is 0.290. The van der Waals surface area contributed by atoms with E-state index in [1.807, 2.05) is 31.1 Å². The topological polar surface area (TPSA) is 90.0 Å². The Balaban J connectivity index is 1.49. The van der Waals surface area contributed by atoms with Crippen molar-refractivity contribution in [1.29, 1.82) is 0 Å². The molecule has 0 aliphatic carbocycles. The maximum Gasteiger partial charge on any atom is 0.299 e. The lowest BCUT2D eigenvalue weighted by atomic mass is 10.1. The van der Waals surface area contributed by atoms with E-state index in [9.17, 15) is 23.6 Å². The molecule has 1 aliphatic rings. The second-order valence-corrected chi connectivity index (χ2v) is 10.7. The molecular formula is C31H27FN4O4S. The van der Waals surface area contributed by atoms with E-state index in [1.54, 1.807) is 66.0 Å². The van der Waals surface area contributed by atoms with Crippen molar-refractivity contribution in [3.05, 3.63) is 112 Å². The number of amides is 3. The Hall–Kier alpha value is -4.83. The molecule has 0 saturated carbocycles. The summed E-state index contributed by atoms with van der Waals surface area (Å²) in [5.74, 6) is -2.93. The molecule has 10 heteroatoms. The van der Waals surface area contributed by atoms with Crippen molar-refractivity contribution < 1.29 is 23.6 Å².